The van der Waals surface area contributed by atoms with Crippen LogP contribution < -0.4 is 0 Å². The van der Waals surface area contributed by atoms with Crippen LogP contribution in [0.5, 0.6) is 0 Å². The van der Waals surface area contributed by atoms with Gasteiger partial charge < -0.3 is 9.32 Å². The standard InChI is InChI=1S/C32H28F2N10O2/c33-32(34)44-39-29(38-40-44)28(20-4-2-1-3-5-20)41-12-14-42(15-13-41)31(45)26-17-22(10-11-35-26)30-37-25-16-21(6-9-27(25)46-30)23-18-36-43(19-23)24-7-8-24/h1-6,9-11,16-19,24,28,32H,7-8,12-15H2/t28-/m0/s1. The van der Waals surface area contributed by atoms with Gasteiger partial charge in [-0.3, -0.25) is 19.4 Å². The first kappa shape index (κ1) is 28.1. The molecule has 8 rings (SSSR count). The lowest BCUT2D eigenvalue weighted by Gasteiger charge is -2.38. The molecule has 0 spiro atoms. The average molecular weight is 623 g/mol. The summed E-state index contributed by atoms with van der Waals surface area (Å²) < 4.78 is 34.5. The number of aromatic nitrogens is 8. The van der Waals surface area contributed by atoms with Crippen molar-refractivity contribution in [2.24, 2.45) is 0 Å². The molecule has 14 heteroatoms. The third kappa shape index (κ3) is 5.40. The maximum absolute atomic E-state index is 13.6. The van der Waals surface area contributed by atoms with Crippen molar-refractivity contribution in [1.29, 1.82) is 0 Å². The minimum absolute atomic E-state index is 0.180. The summed E-state index contributed by atoms with van der Waals surface area (Å²) in [6, 6.07) is 18.8. The Kier molecular flexibility index (Phi) is 7.05. The molecule has 1 saturated carbocycles. The van der Waals surface area contributed by atoms with Crippen molar-refractivity contribution >= 4 is 17.0 Å². The van der Waals surface area contributed by atoms with Crippen LogP contribution >= 0.6 is 0 Å². The second-order valence-electron chi connectivity index (χ2n) is 11.5. The molecule has 1 aliphatic carbocycles. The summed E-state index contributed by atoms with van der Waals surface area (Å²) in [4.78, 5) is 26.7. The Balaban J connectivity index is 0.980. The largest absolute Gasteiger partial charge is 0.436 e. The van der Waals surface area contributed by atoms with Gasteiger partial charge in [0.2, 0.25) is 5.89 Å². The molecule has 6 aromatic rings. The summed E-state index contributed by atoms with van der Waals surface area (Å²) in [5, 5.41) is 15.9. The van der Waals surface area contributed by atoms with Crippen LogP contribution in [0.4, 0.5) is 8.78 Å². The Hall–Kier alpha value is -5.37. The number of carbonyl (C=O) groups excluding carboxylic acids is 1. The minimum Gasteiger partial charge on any atom is -0.436 e. The number of nitrogens with zero attached hydrogens (tertiary/aromatic N) is 10. The number of piperazine rings is 1. The first-order valence-electron chi connectivity index (χ1n) is 15.1. The van der Waals surface area contributed by atoms with E-state index in [0.29, 0.717) is 59.6 Å². The minimum atomic E-state index is -2.88. The third-order valence-corrected chi connectivity index (χ3v) is 8.41. The summed E-state index contributed by atoms with van der Waals surface area (Å²) in [5.41, 5.74) is 5.17. The normalized spacial score (nSPS) is 16.4. The van der Waals surface area contributed by atoms with E-state index in [1.807, 2.05) is 59.4 Å². The number of tetrazole rings is 1. The fourth-order valence-electron chi connectivity index (χ4n) is 5.87. The van der Waals surface area contributed by atoms with Gasteiger partial charge in [-0.2, -0.15) is 13.9 Å². The highest BCUT2D eigenvalue weighted by molar-refractivity contribution is 5.93. The summed E-state index contributed by atoms with van der Waals surface area (Å²) in [6.45, 7) is -1.13. The monoisotopic (exact) mass is 622 g/mol. The van der Waals surface area contributed by atoms with Crippen LogP contribution in [0.25, 0.3) is 33.7 Å². The van der Waals surface area contributed by atoms with Crippen molar-refractivity contribution in [2.75, 3.05) is 26.2 Å². The number of hydrogen-bond acceptors (Lipinski definition) is 9. The van der Waals surface area contributed by atoms with Crippen LogP contribution in [0, 0.1) is 0 Å². The number of carbonyl (C=O) groups is 1. The van der Waals surface area contributed by atoms with E-state index in [0.717, 1.165) is 16.7 Å². The van der Waals surface area contributed by atoms with E-state index in [1.165, 1.54) is 12.8 Å². The lowest BCUT2D eigenvalue weighted by molar-refractivity contribution is 0.0385. The second kappa shape index (κ2) is 11.5. The molecule has 5 heterocycles. The van der Waals surface area contributed by atoms with Crippen molar-refractivity contribution in [1.82, 2.24) is 49.8 Å². The maximum atomic E-state index is 13.6. The van der Waals surface area contributed by atoms with Gasteiger partial charge in [0.05, 0.1) is 18.3 Å². The lowest BCUT2D eigenvalue weighted by Crippen LogP contribution is -2.50. The van der Waals surface area contributed by atoms with Gasteiger partial charge in [-0.1, -0.05) is 41.2 Å². The van der Waals surface area contributed by atoms with E-state index >= 15 is 0 Å². The highest BCUT2D eigenvalue weighted by Crippen LogP contribution is 2.36. The highest BCUT2D eigenvalue weighted by Gasteiger charge is 2.32. The van der Waals surface area contributed by atoms with Crippen LogP contribution in [-0.4, -0.2) is 81.8 Å². The van der Waals surface area contributed by atoms with Crippen LogP contribution in [0.2, 0.25) is 0 Å². The van der Waals surface area contributed by atoms with Crippen molar-refractivity contribution < 1.29 is 18.0 Å². The fourth-order valence-corrected chi connectivity index (χ4v) is 5.87. The third-order valence-electron chi connectivity index (χ3n) is 8.41. The van der Waals surface area contributed by atoms with Crippen molar-refractivity contribution in [2.45, 2.75) is 31.5 Å². The van der Waals surface area contributed by atoms with Crippen LogP contribution in [0.15, 0.2) is 83.7 Å². The number of rotatable bonds is 8. The molecule has 0 bridgehead atoms. The van der Waals surface area contributed by atoms with Crippen LogP contribution in [0.3, 0.4) is 0 Å². The van der Waals surface area contributed by atoms with Crippen molar-refractivity contribution in [3.8, 4) is 22.6 Å². The topological polar surface area (TPSA) is 124 Å². The SMILES string of the molecule is O=C(c1cc(-c2nc3cc(-c4cnn(C5CC5)c4)ccc3o2)ccn1)N1CCN([C@@H](c2ccccc2)c2nnn(C(F)F)n2)CC1. The Bertz CT molecular complexity index is 2010. The zero-order valence-electron chi connectivity index (χ0n) is 24.5. The van der Waals surface area contributed by atoms with E-state index in [9.17, 15) is 13.6 Å². The van der Waals surface area contributed by atoms with E-state index in [4.69, 9.17) is 9.40 Å². The fraction of sp³-hybridized carbons (Fsp3) is 0.281. The molecule has 1 saturated heterocycles. The zero-order chi connectivity index (χ0) is 31.2. The number of halogens is 2. The molecule has 232 valence electrons. The number of hydrogen-bond donors (Lipinski definition) is 0. The predicted octanol–water partition coefficient (Wildman–Crippen LogP) is 5.02. The van der Waals surface area contributed by atoms with Gasteiger partial charge in [-0.05, 0) is 53.4 Å². The molecule has 2 fully saturated rings. The molecule has 0 N–H and O–H groups in total. The Labute approximate surface area is 261 Å². The summed E-state index contributed by atoms with van der Waals surface area (Å²) in [7, 11) is 0. The van der Waals surface area contributed by atoms with E-state index in [-0.39, 0.29) is 17.4 Å². The average Bonchev–Trinajstić information content (AvgIpc) is 3.45. The zero-order valence-corrected chi connectivity index (χ0v) is 24.5. The van der Waals surface area contributed by atoms with Crippen LogP contribution in [0.1, 0.15) is 53.4 Å². The number of benzene rings is 2. The number of pyridine rings is 1. The molecule has 0 unspecified atom stereocenters. The number of fused-ring (bicyclic) bond motifs is 1. The quantitative estimate of drug-likeness (QED) is 0.230. The van der Waals surface area contributed by atoms with Crippen molar-refractivity contribution in [3.63, 3.8) is 0 Å². The van der Waals surface area contributed by atoms with Crippen LogP contribution in [-0.2, 0) is 0 Å². The van der Waals surface area contributed by atoms with E-state index in [2.05, 4.69) is 36.6 Å². The smallest absolute Gasteiger partial charge is 0.350 e. The van der Waals surface area contributed by atoms with Crippen molar-refractivity contribution in [3.05, 3.63) is 96.3 Å². The first-order chi connectivity index (χ1) is 22.5. The molecular formula is C32H28F2N10O2. The van der Waals surface area contributed by atoms with Gasteiger partial charge >= 0.3 is 6.55 Å². The first-order valence-corrected chi connectivity index (χ1v) is 15.1. The molecule has 2 aliphatic rings. The summed E-state index contributed by atoms with van der Waals surface area (Å²) in [5.74, 6) is 0.363. The van der Waals surface area contributed by atoms with Gasteiger partial charge in [0.15, 0.2) is 11.4 Å². The molecule has 1 amide bonds. The highest BCUT2D eigenvalue weighted by atomic mass is 19.3. The molecule has 0 radical (unpaired) electrons. The van der Waals surface area contributed by atoms with E-state index < -0.39 is 12.6 Å². The molecule has 1 atom stereocenters. The van der Waals surface area contributed by atoms with Gasteiger partial charge in [0, 0.05) is 49.7 Å². The number of amides is 1. The second-order valence-corrected chi connectivity index (χ2v) is 11.5. The summed E-state index contributed by atoms with van der Waals surface area (Å²) in [6.07, 6.45) is 7.86. The Morgan fingerprint density at radius 2 is 1.76 bits per heavy atom. The molecular weight excluding hydrogens is 594 g/mol. The predicted molar refractivity (Wildman–Crippen MR) is 162 cm³/mol. The van der Waals surface area contributed by atoms with E-state index in [1.54, 1.807) is 23.2 Å². The Morgan fingerprint density at radius 3 is 2.52 bits per heavy atom. The molecule has 4 aromatic heterocycles. The molecule has 1 aliphatic heterocycles. The van der Waals surface area contributed by atoms with Gasteiger partial charge in [0.25, 0.3) is 5.91 Å². The molecule has 12 nitrogen and oxygen atoms in total. The maximum Gasteiger partial charge on any atom is 0.350 e. The van der Waals surface area contributed by atoms with Gasteiger partial charge in [-0.15, -0.1) is 10.2 Å². The van der Waals surface area contributed by atoms with Gasteiger partial charge in [0.1, 0.15) is 11.2 Å². The number of oxazole rings is 1. The Morgan fingerprint density at radius 1 is 0.935 bits per heavy atom. The molecule has 46 heavy (non-hydrogen) atoms. The molecule has 2 aromatic carbocycles. The number of alkyl halides is 2. The van der Waals surface area contributed by atoms with Gasteiger partial charge in [-0.25, -0.2) is 4.98 Å². The summed E-state index contributed by atoms with van der Waals surface area (Å²) >= 11 is 0. The lowest BCUT2D eigenvalue weighted by atomic mass is 10.0.